The zero-order valence-corrected chi connectivity index (χ0v) is 4.68. The van der Waals surface area contributed by atoms with E-state index >= 15 is 0 Å². The first-order valence-electron chi connectivity index (χ1n) is 2.43. The van der Waals surface area contributed by atoms with Crippen molar-refractivity contribution >= 4 is 0 Å². The van der Waals surface area contributed by atoms with Gasteiger partial charge in [0.1, 0.15) is 0 Å². The molecule has 2 aromatic rings. The predicted molar refractivity (Wildman–Crippen MR) is 26.4 cm³/mol. The van der Waals surface area contributed by atoms with Gasteiger partial charge in [-0.15, -0.1) is 0 Å². The van der Waals surface area contributed by atoms with E-state index in [2.05, 4.69) is 35.7 Å². The fourth-order valence-electron chi connectivity index (χ4n) is 0.508. The largest absolute Gasteiger partial charge is 0.342 e. The average Bonchev–Trinajstić information content (AvgIpc) is 2.59. The van der Waals surface area contributed by atoms with Gasteiger partial charge < -0.3 is 9.05 Å². The molecule has 0 saturated carbocycles. The molecule has 0 N–H and O–H groups in total. The van der Waals surface area contributed by atoms with Crippen LogP contribution in [0.25, 0.3) is 11.6 Å². The fraction of sp³-hybridized carbons (Fsp3) is 0. The van der Waals surface area contributed by atoms with E-state index in [0.717, 1.165) is 0 Å². The van der Waals surface area contributed by atoms with Crippen LogP contribution in [-0.2, 0) is 0 Å². The van der Waals surface area contributed by atoms with E-state index in [0.29, 0.717) is 5.82 Å². The van der Waals surface area contributed by atoms with Gasteiger partial charge in [-0.2, -0.15) is 9.97 Å². The Morgan fingerprint density at radius 1 is 1.30 bits per heavy atom. The van der Waals surface area contributed by atoms with E-state index < -0.39 is 0 Å². The zero-order chi connectivity index (χ0) is 6.81. The lowest BCUT2D eigenvalue weighted by atomic mass is 10.6. The highest BCUT2D eigenvalue weighted by molar-refractivity contribution is 5.38. The molecule has 0 aromatic carbocycles. The van der Waals surface area contributed by atoms with Crippen molar-refractivity contribution in [1.29, 1.82) is 0 Å². The minimum absolute atomic E-state index is 0.272. The van der Waals surface area contributed by atoms with Crippen LogP contribution in [-0.4, -0.2) is 20.3 Å². The third-order valence-corrected chi connectivity index (χ3v) is 0.886. The lowest BCUT2D eigenvalue weighted by molar-refractivity contribution is 0.406. The van der Waals surface area contributed by atoms with Crippen molar-refractivity contribution in [3.05, 3.63) is 12.8 Å². The van der Waals surface area contributed by atoms with Crippen molar-refractivity contribution < 1.29 is 9.05 Å². The summed E-state index contributed by atoms with van der Waals surface area (Å²) in [5.41, 5.74) is 0. The molecule has 0 aliphatic carbocycles. The highest BCUT2D eigenvalue weighted by atomic mass is 16.5. The summed E-state index contributed by atoms with van der Waals surface area (Å²) in [5.74, 6) is 0.568. The second-order valence-corrected chi connectivity index (χ2v) is 1.46. The lowest BCUT2D eigenvalue weighted by Crippen LogP contribution is -1.80. The molecule has 10 heavy (non-hydrogen) atoms. The van der Waals surface area contributed by atoms with Gasteiger partial charge in [0.25, 0.3) is 0 Å². The van der Waals surface area contributed by atoms with Crippen LogP contribution in [0.5, 0.6) is 0 Å². The van der Waals surface area contributed by atoms with Crippen LogP contribution < -0.4 is 0 Å². The molecule has 2 rings (SSSR count). The van der Waals surface area contributed by atoms with Crippen LogP contribution >= 0.6 is 0 Å². The molecule has 0 spiro atoms. The minimum atomic E-state index is 0.272. The Kier molecular flexibility index (Phi) is 0.970. The van der Waals surface area contributed by atoms with Gasteiger partial charge in [-0.05, 0) is 0 Å². The molecular weight excluding hydrogens is 136 g/mol. The normalized spacial score (nSPS) is 10.0. The summed E-state index contributed by atoms with van der Waals surface area (Å²) in [6, 6.07) is 0. The van der Waals surface area contributed by atoms with Gasteiger partial charge in [-0.25, -0.2) is 0 Å². The summed E-state index contributed by atoms with van der Waals surface area (Å²) in [5, 5.41) is 6.90. The quantitative estimate of drug-likeness (QED) is 0.547. The molecule has 0 amide bonds. The average molecular weight is 137 g/mol. The maximum atomic E-state index is 4.44. The van der Waals surface area contributed by atoms with Crippen molar-refractivity contribution in [1.82, 2.24) is 20.3 Å². The first-order valence-corrected chi connectivity index (χ1v) is 2.43. The summed E-state index contributed by atoms with van der Waals surface area (Å²) in [6.07, 6.45) is 3.35. The molecule has 0 unspecified atom stereocenters. The first-order chi connectivity index (χ1) is 4.97. The zero-order valence-electron chi connectivity index (χ0n) is 4.68. The van der Waals surface area contributed by atoms with Crippen LogP contribution in [0, 0.1) is 6.39 Å². The van der Waals surface area contributed by atoms with Gasteiger partial charge in [0.05, 0.1) is 0 Å². The summed E-state index contributed by atoms with van der Waals surface area (Å²) < 4.78 is 8.77. The smallest absolute Gasteiger partial charge is 0.316 e. The number of nitrogens with zero attached hydrogens (tertiary/aromatic N) is 4. The van der Waals surface area contributed by atoms with Gasteiger partial charge in [-0.1, -0.05) is 10.3 Å². The number of aromatic nitrogens is 4. The Hall–Kier alpha value is -1.72. The van der Waals surface area contributed by atoms with Crippen molar-refractivity contribution in [2.75, 3.05) is 0 Å². The van der Waals surface area contributed by atoms with E-state index in [1.807, 2.05) is 0 Å². The number of rotatable bonds is 1. The molecule has 1 radical (unpaired) electrons. The van der Waals surface area contributed by atoms with Gasteiger partial charge in [0.2, 0.25) is 18.0 Å². The Balaban J connectivity index is 2.48. The molecular formula is C4HN4O2. The maximum absolute atomic E-state index is 4.44. The van der Waals surface area contributed by atoms with E-state index in [4.69, 9.17) is 0 Å². The molecule has 0 aliphatic rings. The molecule has 49 valence electrons. The Bertz CT molecular complexity index is 255. The van der Waals surface area contributed by atoms with Crippen molar-refractivity contribution in [2.45, 2.75) is 0 Å². The Morgan fingerprint density at radius 2 is 2.30 bits per heavy atom. The van der Waals surface area contributed by atoms with Gasteiger partial charge >= 0.3 is 6.39 Å². The standard InChI is InChI=1S/C4HN4O2/c1-5-3(7-9-1)4-6-2-10-8-4/h1H. The molecule has 0 bridgehead atoms. The number of hydrogen-bond donors (Lipinski definition) is 0. The van der Waals surface area contributed by atoms with Crippen LogP contribution in [0.4, 0.5) is 0 Å². The fourth-order valence-corrected chi connectivity index (χ4v) is 0.508. The topological polar surface area (TPSA) is 77.8 Å². The summed E-state index contributed by atoms with van der Waals surface area (Å²) in [7, 11) is 0. The SMILES string of the molecule is [c]1nc(-c2ncon2)no1. The summed E-state index contributed by atoms with van der Waals surface area (Å²) >= 11 is 0. The molecule has 0 fully saturated rings. The Labute approximate surface area is 54.9 Å². The molecule has 0 atom stereocenters. The third-order valence-electron chi connectivity index (χ3n) is 0.886. The van der Waals surface area contributed by atoms with Crippen LogP contribution in [0.1, 0.15) is 0 Å². The lowest BCUT2D eigenvalue weighted by Gasteiger charge is -1.74. The van der Waals surface area contributed by atoms with Crippen molar-refractivity contribution in [3.63, 3.8) is 0 Å². The minimum Gasteiger partial charge on any atom is -0.342 e. The van der Waals surface area contributed by atoms with Gasteiger partial charge in [-0.3, -0.25) is 0 Å². The van der Waals surface area contributed by atoms with Crippen molar-refractivity contribution in [2.24, 2.45) is 0 Å². The molecule has 6 nitrogen and oxygen atoms in total. The highest BCUT2D eigenvalue weighted by Gasteiger charge is 2.06. The first kappa shape index (κ1) is 5.10. The highest BCUT2D eigenvalue weighted by Crippen LogP contribution is 2.04. The molecule has 0 saturated heterocycles. The van der Waals surface area contributed by atoms with Gasteiger partial charge in [0, 0.05) is 0 Å². The van der Waals surface area contributed by atoms with E-state index in [1.54, 1.807) is 0 Å². The summed E-state index contributed by atoms with van der Waals surface area (Å²) in [4.78, 5) is 7.25. The second-order valence-electron chi connectivity index (χ2n) is 1.46. The van der Waals surface area contributed by atoms with E-state index in [9.17, 15) is 0 Å². The van der Waals surface area contributed by atoms with Crippen LogP contribution in [0.3, 0.4) is 0 Å². The molecule has 6 heteroatoms. The van der Waals surface area contributed by atoms with E-state index in [1.165, 1.54) is 6.39 Å². The van der Waals surface area contributed by atoms with Crippen molar-refractivity contribution in [3.8, 4) is 11.6 Å². The maximum Gasteiger partial charge on any atom is 0.316 e. The van der Waals surface area contributed by atoms with Crippen LogP contribution in [0.2, 0.25) is 0 Å². The summed E-state index contributed by atoms with van der Waals surface area (Å²) in [6.45, 7) is 0. The second kappa shape index (κ2) is 1.90. The molecule has 0 aliphatic heterocycles. The van der Waals surface area contributed by atoms with Gasteiger partial charge in [0.15, 0.2) is 0 Å². The predicted octanol–water partition coefficient (Wildman–Crippen LogP) is -0.0802. The number of hydrogen-bond acceptors (Lipinski definition) is 6. The van der Waals surface area contributed by atoms with E-state index in [-0.39, 0.29) is 5.82 Å². The molecule has 2 heterocycles. The Morgan fingerprint density at radius 3 is 2.90 bits per heavy atom. The monoisotopic (exact) mass is 137 g/mol. The molecule has 2 aromatic heterocycles. The van der Waals surface area contributed by atoms with Crippen LogP contribution in [0.15, 0.2) is 15.4 Å². The third kappa shape index (κ3) is 0.661.